The number of aromatic nitrogens is 4. The summed E-state index contributed by atoms with van der Waals surface area (Å²) < 4.78 is 1.87. The Morgan fingerprint density at radius 1 is 1.35 bits per heavy atom. The largest absolute Gasteiger partial charge is 0.331 e. The van der Waals surface area contributed by atoms with Gasteiger partial charge < -0.3 is 9.99 Å². The lowest BCUT2D eigenvalue weighted by atomic mass is 10.1. The Morgan fingerprint density at radius 2 is 2.12 bits per heavy atom. The fourth-order valence-corrected chi connectivity index (χ4v) is 1.52. The van der Waals surface area contributed by atoms with Crippen molar-refractivity contribution in [3.63, 3.8) is 0 Å². The number of nitrogen functional groups attached to an aromatic ring is 1. The molecule has 0 atom stereocenters. The topological polar surface area (TPSA) is 81.6 Å². The van der Waals surface area contributed by atoms with Crippen molar-refractivity contribution in [2.75, 3.05) is 5.43 Å². The van der Waals surface area contributed by atoms with Gasteiger partial charge in [0, 0.05) is 31.2 Å². The molecule has 17 heavy (non-hydrogen) atoms. The maximum atomic E-state index is 5.41. The Labute approximate surface area is 99.9 Å². The van der Waals surface area contributed by atoms with E-state index in [1.54, 1.807) is 6.20 Å². The zero-order valence-corrected chi connectivity index (χ0v) is 10.2. The van der Waals surface area contributed by atoms with Crippen LogP contribution in [0.3, 0.4) is 0 Å². The van der Waals surface area contributed by atoms with E-state index in [0.717, 1.165) is 11.5 Å². The zero-order chi connectivity index (χ0) is 12.4. The highest BCUT2D eigenvalue weighted by Crippen LogP contribution is 2.19. The van der Waals surface area contributed by atoms with E-state index < -0.39 is 0 Å². The van der Waals surface area contributed by atoms with Gasteiger partial charge in [-0.05, 0) is 5.92 Å². The first-order valence-electron chi connectivity index (χ1n) is 5.45. The SMILES string of the molecule is CC(C)c1cc(NN)nc(-c2nccn2C)n1. The summed E-state index contributed by atoms with van der Waals surface area (Å²) in [5.74, 6) is 7.63. The van der Waals surface area contributed by atoms with Crippen LogP contribution in [-0.2, 0) is 7.05 Å². The molecule has 90 valence electrons. The van der Waals surface area contributed by atoms with Gasteiger partial charge in [0.1, 0.15) is 5.82 Å². The summed E-state index contributed by atoms with van der Waals surface area (Å²) in [7, 11) is 1.91. The molecule has 6 nitrogen and oxygen atoms in total. The average Bonchev–Trinajstić information content (AvgIpc) is 2.74. The molecule has 0 spiro atoms. The molecule has 0 saturated heterocycles. The van der Waals surface area contributed by atoms with Crippen molar-refractivity contribution in [1.82, 2.24) is 19.5 Å². The number of nitrogens with two attached hydrogens (primary N) is 1. The van der Waals surface area contributed by atoms with E-state index in [0.29, 0.717) is 17.6 Å². The van der Waals surface area contributed by atoms with Crippen molar-refractivity contribution >= 4 is 5.82 Å². The summed E-state index contributed by atoms with van der Waals surface area (Å²) in [6, 6.07) is 1.84. The molecule has 0 aliphatic carbocycles. The predicted octanol–water partition coefficient (Wildman–Crippen LogP) is 1.29. The van der Waals surface area contributed by atoms with Crippen molar-refractivity contribution < 1.29 is 0 Å². The van der Waals surface area contributed by atoms with Gasteiger partial charge >= 0.3 is 0 Å². The summed E-state index contributed by atoms with van der Waals surface area (Å²) in [5, 5.41) is 0. The molecule has 0 amide bonds. The highest BCUT2D eigenvalue weighted by atomic mass is 15.3. The van der Waals surface area contributed by atoms with E-state index in [-0.39, 0.29) is 0 Å². The first-order valence-corrected chi connectivity index (χ1v) is 5.45. The lowest BCUT2D eigenvalue weighted by molar-refractivity contribution is 0.809. The average molecular weight is 232 g/mol. The first kappa shape index (κ1) is 11.5. The third-order valence-electron chi connectivity index (χ3n) is 2.51. The number of anilines is 1. The smallest absolute Gasteiger partial charge is 0.198 e. The van der Waals surface area contributed by atoms with Crippen LogP contribution in [0, 0.1) is 0 Å². The lowest BCUT2D eigenvalue weighted by Crippen LogP contribution is -2.11. The molecule has 3 N–H and O–H groups in total. The molecule has 2 rings (SSSR count). The summed E-state index contributed by atoms with van der Waals surface area (Å²) in [5.41, 5.74) is 3.49. The van der Waals surface area contributed by atoms with Gasteiger partial charge in [-0.25, -0.2) is 20.8 Å². The Bertz CT molecular complexity index is 516. The van der Waals surface area contributed by atoms with E-state index in [1.165, 1.54) is 0 Å². The third-order valence-corrected chi connectivity index (χ3v) is 2.51. The van der Waals surface area contributed by atoms with Gasteiger partial charge in [-0.2, -0.15) is 0 Å². The quantitative estimate of drug-likeness (QED) is 0.615. The fourth-order valence-electron chi connectivity index (χ4n) is 1.52. The van der Waals surface area contributed by atoms with Crippen molar-refractivity contribution in [2.24, 2.45) is 12.9 Å². The number of hydrogen-bond acceptors (Lipinski definition) is 5. The van der Waals surface area contributed by atoms with Crippen LogP contribution in [0.2, 0.25) is 0 Å². The van der Waals surface area contributed by atoms with Crippen LogP contribution in [0.4, 0.5) is 5.82 Å². The molecule has 0 unspecified atom stereocenters. The molecule has 2 aromatic heterocycles. The third kappa shape index (κ3) is 2.26. The lowest BCUT2D eigenvalue weighted by Gasteiger charge is -2.09. The van der Waals surface area contributed by atoms with Crippen molar-refractivity contribution in [3.8, 4) is 11.6 Å². The Balaban J connectivity index is 2.54. The Kier molecular flexibility index (Phi) is 3.06. The molecule has 0 fully saturated rings. The maximum Gasteiger partial charge on any atom is 0.198 e. The highest BCUT2D eigenvalue weighted by molar-refractivity contribution is 5.49. The van der Waals surface area contributed by atoms with Crippen LogP contribution >= 0.6 is 0 Å². The van der Waals surface area contributed by atoms with Gasteiger partial charge in [0.25, 0.3) is 0 Å². The predicted molar refractivity (Wildman–Crippen MR) is 66.1 cm³/mol. The monoisotopic (exact) mass is 232 g/mol. The van der Waals surface area contributed by atoms with Gasteiger partial charge in [-0.3, -0.25) is 0 Å². The number of rotatable bonds is 3. The molecule has 0 aliphatic heterocycles. The molecule has 2 heterocycles. The van der Waals surface area contributed by atoms with E-state index in [1.807, 2.05) is 23.9 Å². The van der Waals surface area contributed by atoms with E-state index in [2.05, 4.69) is 34.2 Å². The summed E-state index contributed by atoms with van der Waals surface area (Å²) >= 11 is 0. The van der Waals surface area contributed by atoms with Crippen LogP contribution in [-0.4, -0.2) is 19.5 Å². The van der Waals surface area contributed by atoms with E-state index in [4.69, 9.17) is 5.84 Å². The zero-order valence-electron chi connectivity index (χ0n) is 10.2. The number of hydrazine groups is 1. The minimum atomic E-state index is 0.309. The summed E-state index contributed by atoms with van der Waals surface area (Å²) in [6.07, 6.45) is 3.58. The molecular weight excluding hydrogens is 216 g/mol. The molecule has 6 heteroatoms. The molecule has 2 aromatic rings. The number of aryl methyl sites for hydroxylation is 1. The van der Waals surface area contributed by atoms with E-state index in [9.17, 15) is 0 Å². The number of imidazole rings is 1. The van der Waals surface area contributed by atoms with Gasteiger partial charge in [-0.1, -0.05) is 13.8 Å². The highest BCUT2D eigenvalue weighted by Gasteiger charge is 2.11. The molecule has 0 saturated carbocycles. The second-order valence-corrected chi connectivity index (χ2v) is 4.16. The van der Waals surface area contributed by atoms with Crippen LogP contribution in [0.5, 0.6) is 0 Å². The second kappa shape index (κ2) is 4.50. The van der Waals surface area contributed by atoms with Gasteiger partial charge in [0.2, 0.25) is 0 Å². The summed E-state index contributed by atoms with van der Waals surface area (Å²) in [4.78, 5) is 13.0. The number of nitrogens with zero attached hydrogens (tertiary/aromatic N) is 4. The molecule has 0 bridgehead atoms. The van der Waals surface area contributed by atoms with Crippen molar-refractivity contribution in [1.29, 1.82) is 0 Å². The molecular formula is C11H16N6. The van der Waals surface area contributed by atoms with Crippen LogP contribution in [0.1, 0.15) is 25.5 Å². The maximum absolute atomic E-state index is 5.41. The first-order chi connectivity index (χ1) is 8.11. The number of hydrogen-bond donors (Lipinski definition) is 2. The van der Waals surface area contributed by atoms with Crippen LogP contribution in [0.25, 0.3) is 11.6 Å². The van der Waals surface area contributed by atoms with Crippen molar-refractivity contribution in [2.45, 2.75) is 19.8 Å². The second-order valence-electron chi connectivity index (χ2n) is 4.16. The van der Waals surface area contributed by atoms with Crippen LogP contribution < -0.4 is 11.3 Å². The van der Waals surface area contributed by atoms with Gasteiger partial charge in [-0.15, -0.1) is 0 Å². The van der Waals surface area contributed by atoms with E-state index >= 15 is 0 Å². The minimum Gasteiger partial charge on any atom is -0.331 e. The standard InChI is InChI=1S/C11H16N6/c1-7(2)8-6-9(16-12)15-10(14-8)11-13-4-5-17(11)3/h4-7H,12H2,1-3H3,(H,14,15,16). The Hall–Kier alpha value is -1.95. The van der Waals surface area contributed by atoms with Gasteiger partial charge in [0.15, 0.2) is 11.6 Å². The Morgan fingerprint density at radius 3 is 2.65 bits per heavy atom. The molecule has 0 radical (unpaired) electrons. The minimum absolute atomic E-state index is 0.309. The van der Waals surface area contributed by atoms with Gasteiger partial charge in [0.05, 0.1) is 0 Å². The van der Waals surface area contributed by atoms with Crippen molar-refractivity contribution in [3.05, 3.63) is 24.2 Å². The summed E-state index contributed by atoms with van der Waals surface area (Å²) in [6.45, 7) is 4.15. The van der Waals surface area contributed by atoms with Crippen LogP contribution in [0.15, 0.2) is 18.5 Å². The molecule has 0 aliphatic rings. The molecule has 0 aromatic carbocycles. The number of nitrogens with one attached hydrogen (secondary N) is 1. The normalized spacial score (nSPS) is 10.9. The fraction of sp³-hybridized carbons (Fsp3) is 0.364.